The Morgan fingerprint density at radius 2 is 2.05 bits per heavy atom. The third-order valence-corrected chi connectivity index (χ3v) is 4.21. The second kappa shape index (κ2) is 6.74. The lowest BCUT2D eigenvalue weighted by molar-refractivity contribution is -0.152. The van der Waals surface area contributed by atoms with Crippen molar-refractivity contribution in [3.63, 3.8) is 0 Å². The topological polar surface area (TPSA) is 75.4 Å². The van der Waals surface area contributed by atoms with E-state index in [4.69, 9.17) is 0 Å². The molecule has 1 aliphatic rings. The van der Waals surface area contributed by atoms with E-state index >= 15 is 0 Å². The molecular weight excluding hydrogens is 270 g/mol. The molecule has 0 aliphatic heterocycles. The van der Waals surface area contributed by atoms with Crippen LogP contribution in [0.15, 0.2) is 12.4 Å². The number of nitrogens with zero attached hydrogens (tertiary/aromatic N) is 3. The zero-order valence-corrected chi connectivity index (χ0v) is 12.7. The highest BCUT2D eigenvalue weighted by atomic mass is 16.4. The molecule has 6 heteroatoms. The first-order valence-corrected chi connectivity index (χ1v) is 7.52. The Balaban J connectivity index is 2.01. The second-order valence-electron chi connectivity index (χ2n) is 5.73. The summed E-state index contributed by atoms with van der Waals surface area (Å²) >= 11 is 0. The molecule has 1 aliphatic carbocycles. The number of aliphatic carboxylic acids is 1. The summed E-state index contributed by atoms with van der Waals surface area (Å²) in [6.07, 6.45) is 6.78. The maximum Gasteiger partial charge on any atom is 0.307 e. The molecule has 1 aromatic rings. The van der Waals surface area contributed by atoms with Crippen LogP contribution in [-0.4, -0.2) is 38.7 Å². The van der Waals surface area contributed by atoms with Gasteiger partial charge in [0.25, 0.3) is 0 Å². The van der Waals surface area contributed by atoms with Crippen molar-refractivity contribution >= 4 is 11.9 Å². The van der Waals surface area contributed by atoms with E-state index in [9.17, 15) is 14.7 Å². The lowest BCUT2D eigenvalue weighted by Gasteiger charge is -2.30. The number of carbonyl (C=O) groups is 2. The molecule has 1 fully saturated rings. The van der Waals surface area contributed by atoms with Crippen LogP contribution in [0, 0.1) is 11.8 Å². The molecule has 1 aromatic heterocycles. The summed E-state index contributed by atoms with van der Waals surface area (Å²) < 4.78 is 1.81. The number of carboxylic acids is 1. The van der Waals surface area contributed by atoms with Crippen molar-refractivity contribution in [2.45, 2.75) is 45.7 Å². The Hall–Kier alpha value is -1.85. The predicted molar refractivity (Wildman–Crippen MR) is 77.5 cm³/mol. The number of rotatable bonds is 5. The van der Waals surface area contributed by atoms with Crippen LogP contribution in [-0.2, 0) is 22.7 Å². The number of aromatic nitrogens is 2. The van der Waals surface area contributed by atoms with Gasteiger partial charge in [-0.25, -0.2) is 0 Å². The first-order valence-electron chi connectivity index (χ1n) is 7.52. The van der Waals surface area contributed by atoms with E-state index in [1.54, 1.807) is 18.1 Å². The zero-order chi connectivity index (χ0) is 15.4. The van der Waals surface area contributed by atoms with Gasteiger partial charge in [-0.2, -0.15) is 5.10 Å². The van der Waals surface area contributed by atoms with Crippen LogP contribution in [0.25, 0.3) is 0 Å². The Labute approximate surface area is 124 Å². The molecule has 116 valence electrons. The third kappa shape index (κ3) is 3.62. The first-order chi connectivity index (χ1) is 10.0. The van der Waals surface area contributed by atoms with Crippen molar-refractivity contribution in [1.82, 2.24) is 14.7 Å². The lowest BCUT2D eigenvalue weighted by atomic mass is 9.78. The van der Waals surface area contributed by atoms with E-state index in [2.05, 4.69) is 5.10 Å². The highest BCUT2D eigenvalue weighted by Crippen LogP contribution is 2.31. The average Bonchev–Trinajstić information content (AvgIpc) is 2.94. The van der Waals surface area contributed by atoms with Gasteiger partial charge in [-0.3, -0.25) is 14.3 Å². The lowest BCUT2D eigenvalue weighted by Crippen LogP contribution is -2.40. The maximum atomic E-state index is 12.5. The van der Waals surface area contributed by atoms with Crippen LogP contribution >= 0.6 is 0 Å². The minimum Gasteiger partial charge on any atom is -0.481 e. The van der Waals surface area contributed by atoms with E-state index in [0.29, 0.717) is 19.4 Å². The largest absolute Gasteiger partial charge is 0.481 e. The van der Waals surface area contributed by atoms with E-state index in [1.165, 1.54) is 0 Å². The van der Waals surface area contributed by atoms with Crippen molar-refractivity contribution in [3.8, 4) is 0 Å². The van der Waals surface area contributed by atoms with Gasteiger partial charge in [-0.1, -0.05) is 12.8 Å². The van der Waals surface area contributed by atoms with Gasteiger partial charge in [0, 0.05) is 31.9 Å². The summed E-state index contributed by atoms with van der Waals surface area (Å²) in [7, 11) is 1.74. The number of aryl methyl sites for hydroxylation is 1. The minimum atomic E-state index is -0.847. The number of carbonyl (C=O) groups excluding carboxylic acids is 1. The minimum absolute atomic E-state index is 0.0636. The van der Waals surface area contributed by atoms with E-state index in [0.717, 1.165) is 24.9 Å². The van der Waals surface area contributed by atoms with Gasteiger partial charge < -0.3 is 10.0 Å². The molecule has 2 rings (SSSR count). The standard InChI is InChI=1S/C15H23N3O3/c1-3-18-10-11(8-16-18)9-17(2)14(19)12-6-4-5-7-13(12)15(20)21/h8,10,12-13H,3-7,9H2,1-2H3,(H,20,21)/t12-,13-/m1/s1. The van der Waals surface area contributed by atoms with E-state index < -0.39 is 11.9 Å². The Kier molecular flexibility index (Phi) is 4.98. The zero-order valence-electron chi connectivity index (χ0n) is 12.7. The number of hydrogen-bond acceptors (Lipinski definition) is 3. The fourth-order valence-electron chi connectivity index (χ4n) is 3.02. The normalized spacial score (nSPS) is 22.0. The fraction of sp³-hybridized carbons (Fsp3) is 0.667. The number of hydrogen-bond donors (Lipinski definition) is 1. The smallest absolute Gasteiger partial charge is 0.307 e. The summed E-state index contributed by atoms with van der Waals surface area (Å²) in [5.74, 6) is -1.83. The van der Waals surface area contributed by atoms with Gasteiger partial charge in [0.2, 0.25) is 5.91 Å². The summed E-state index contributed by atoms with van der Waals surface area (Å²) in [6.45, 7) is 3.27. The van der Waals surface area contributed by atoms with Crippen molar-refractivity contribution in [2.75, 3.05) is 7.05 Å². The molecule has 0 unspecified atom stereocenters. The first kappa shape index (κ1) is 15.5. The van der Waals surface area contributed by atoms with Crippen molar-refractivity contribution in [1.29, 1.82) is 0 Å². The molecule has 0 bridgehead atoms. The Bertz CT molecular complexity index is 512. The molecule has 0 aromatic carbocycles. The molecule has 2 atom stereocenters. The second-order valence-corrected chi connectivity index (χ2v) is 5.73. The van der Waals surface area contributed by atoms with Crippen LogP contribution in [0.4, 0.5) is 0 Å². The maximum absolute atomic E-state index is 12.5. The van der Waals surface area contributed by atoms with E-state index in [-0.39, 0.29) is 11.8 Å². The summed E-state index contributed by atoms with van der Waals surface area (Å²) in [5.41, 5.74) is 0.968. The number of amides is 1. The third-order valence-electron chi connectivity index (χ3n) is 4.21. The van der Waals surface area contributed by atoms with Crippen molar-refractivity contribution in [2.24, 2.45) is 11.8 Å². The van der Waals surface area contributed by atoms with Crippen LogP contribution in [0.2, 0.25) is 0 Å². The highest BCUT2D eigenvalue weighted by Gasteiger charge is 2.37. The molecule has 6 nitrogen and oxygen atoms in total. The Morgan fingerprint density at radius 1 is 1.38 bits per heavy atom. The quantitative estimate of drug-likeness (QED) is 0.897. The summed E-state index contributed by atoms with van der Waals surface area (Å²) in [4.78, 5) is 25.5. The van der Waals surface area contributed by atoms with Crippen molar-refractivity contribution in [3.05, 3.63) is 18.0 Å². The van der Waals surface area contributed by atoms with Gasteiger partial charge in [-0.15, -0.1) is 0 Å². The Morgan fingerprint density at radius 3 is 2.62 bits per heavy atom. The molecule has 1 saturated carbocycles. The molecule has 1 heterocycles. The van der Waals surface area contributed by atoms with Gasteiger partial charge >= 0.3 is 5.97 Å². The van der Waals surface area contributed by atoms with E-state index in [1.807, 2.05) is 17.8 Å². The molecule has 0 saturated heterocycles. The van der Waals surface area contributed by atoms with Crippen molar-refractivity contribution < 1.29 is 14.7 Å². The van der Waals surface area contributed by atoms with Crippen LogP contribution < -0.4 is 0 Å². The summed E-state index contributed by atoms with van der Waals surface area (Å²) in [5, 5.41) is 13.5. The van der Waals surface area contributed by atoms with Gasteiger partial charge in [0.15, 0.2) is 0 Å². The average molecular weight is 293 g/mol. The molecular formula is C15H23N3O3. The highest BCUT2D eigenvalue weighted by molar-refractivity contribution is 5.84. The fourth-order valence-corrected chi connectivity index (χ4v) is 3.02. The van der Waals surface area contributed by atoms with Gasteiger partial charge in [-0.05, 0) is 19.8 Å². The molecule has 1 N–H and O–H groups in total. The van der Waals surface area contributed by atoms with Crippen LogP contribution in [0.1, 0.15) is 38.2 Å². The monoisotopic (exact) mass is 293 g/mol. The van der Waals surface area contributed by atoms with Crippen LogP contribution in [0.3, 0.4) is 0 Å². The number of carboxylic acid groups (broad SMARTS) is 1. The van der Waals surface area contributed by atoms with Crippen LogP contribution in [0.5, 0.6) is 0 Å². The molecule has 0 radical (unpaired) electrons. The summed E-state index contributed by atoms with van der Waals surface area (Å²) in [6, 6.07) is 0. The van der Waals surface area contributed by atoms with Gasteiger partial charge in [0.05, 0.1) is 18.0 Å². The SMILES string of the molecule is CCn1cc(CN(C)C(=O)[C@@H]2CCCC[C@H]2C(=O)O)cn1. The predicted octanol–water partition coefficient (Wildman–Crippen LogP) is 1.75. The molecule has 1 amide bonds. The molecule has 0 spiro atoms. The van der Waals surface area contributed by atoms with Gasteiger partial charge in [0.1, 0.15) is 0 Å². The molecule has 21 heavy (non-hydrogen) atoms.